The first-order valence-corrected chi connectivity index (χ1v) is 18.8. The molecule has 0 saturated heterocycles. The molecule has 2 heterocycles. The molecular weight excluding hydrogens is 821 g/mol. The molecule has 1 saturated carbocycles. The van der Waals surface area contributed by atoms with Crippen LogP contribution in [0.15, 0.2) is 57.4 Å². The number of carbonyl (C=O) groups is 1. The number of aliphatic carboxylic acids is 1. The van der Waals surface area contributed by atoms with Gasteiger partial charge in [0.05, 0.1) is 30.0 Å². The molecule has 53 heavy (non-hydrogen) atoms. The summed E-state index contributed by atoms with van der Waals surface area (Å²) >= 11 is 2.15. The lowest BCUT2D eigenvalue weighted by Gasteiger charge is -2.31. The summed E-state index contributed by atoms with van der Waals surface area (Å²) in [6.07, 6.45) is -3.64. The number of benzene rings is 2. The molecule has 1 fully saturated rings. The summed E-state index contributed by atoms with van der Waals surface area (Å²) < 4.78 is 101. The smallest absolute Gasteiger partial charge is 0.416 e. The highest BCUT2D eigenvalue weighted by molar-refractivity contribution is 14.1. The van der Waals surface area contributed by atoms with Gasteiger partial charge >= 0.3 is 18.3 Å². The quantitative estimate of drug-likeness (QED) is 0.0804. The van der Waals surface area contributed by atoms with E-state index in [0.717, 1.165) is 61.4 Å². The third kappa shape index (κ3) is 11.8. The fourth-order valence-electron chi connectivity index (χ4n) is 5.86. The van der Waals surface area contributed by atoms with Crippen LogP contribution in [0.2, 0.25) is 0 Å². The molecule has 2 aromatic heterocycles. The Labute approximate surface area is 317 Å². The van der Waals surface area contributed by atoms with E-state index in [2.05, 4.69) is 32.6 Å². The van der Waals surface area contributed by atoms with Gasteiger partial charge in [-0.3, -0.25) is 0 Å². The molecular formula is C38H43F6IN2O6. The molecule has 0 bridgehead atoms. The maximum absolute atomic E-state index is 13.0. The van der Waals surface area contributed by atoms with Gasteiger partial charge in [-0.2, -0.15) is 26.3 Å². The number of aromatic nitrogens is 2. The Hall–Kier alpha value is -3.44. The van der Waals surface area contributed by atoms with Gasteiger partial charge in [0, 0.05) is 35.0 Å². The predicted molar refractivity (Wildman–Crippen MR) is 193 cm³/mol. The zero-order chi connectivity index (χ0) is 39.0. The van der Waals surface area contributed by atoms with Crippen LogP contribution in [-0.2, 0) is 50.5 Å². The number of hydrogen-bond acceptors (Lipinski definition) is 7. The number of halogens is 7. The number of alkyl halides is 7. The SMILES string of the molecule is CCc1oc(-c2cccc(C(F)(F)F)c2)nc1CI.CCc1oc(-c2cccc(C(F)(F)F)c2)nc1COC[C@@H]1CCC[C@H](COC(C)(C)C(=O)O)C1. The van der Waals surface area contributed by atoms with E-state index < -0.39 is 35.0 Å². The van der Waals surface area contributed by atoms with Crippen molar-refractivity contribution >= 4 is 28.6 Å². The van der Waals surface area contributed by atoms with Crippen LogP contribution in [0.1, 0.15) is 87.4 Å². The van der Waals surface area contributed by atoms with E-state index in [4.69, 9.17) is 18.3 Å². The van der Waals surface area contributed by atoms with Gasteiger partial charge in [0.1, 0.15) is 17.2 Å². The fourth-order valence-corrected chi connectivity index (χ4v) is 6.45. The number of nitrogens with zero attached hydrogens (tertiary/aromatic N) is 2. The third-order valence-electron chi connectivity index (χ3n) is 8.88. The maximum Gasteiger partial charge on any atom is 0.416 e. The molecule has 15 heteroatoms. The number of carboxylic acid groups (broad SMARTS) is 1. The lowest BCUT2D eigenvalue weighted by molar-refractivity contribution is -0.163. The van der Waals surface area contributed by atoms with Crippen molar-refractivity contribution < 1.29 is 54.6 Å². The minimum absolute atomic E-state index is 0.150. The number of carboxylic acids is 1. The van der Waals surface area contributed by atoms with Crippen molar-refractivity contribution in [3.05, 3.63) is 82.6 Å². The molecule has 0 amide bonds. The number of hydrogen-bond donors (Lipinski definition) is 1. The molecule has 8 nitrogen and oxygen atoms in total. The Balaban J connectivity index is 0.000000278. The molecule has 0 spiro atoms. The van der Waals surface area contributed by atoms with Gasteiger partial charge in [-0.05, 0) is 81.3 Å². The molecule has 4 aromatic rings. The number of aryl methyl sites for hydroxylation is 2. The molecule has 2 atom stereocenters. The molecule has 0 radical (unpaired) electrons. The highest BCUT2D eigenvalue weighted by atomic mass is 127. The average Bonchev–Trinajstić information content (AvgIpc) is 3.75. The zero-order valence-electron chi connectivity index (χ0n) is 29.9. The molecule has 0 unspecified atom stereocenters. The van der Waals surface area contributed by atoms with E-state index in [1.807, 2.05) is 13.8 Å². The fraction of sp³-hybridized carbons (Fsp3) is 0.500. The van der Waals surface area contributed by atoms with Crippen LogP contribution in [0.25, 0.3) is 22.9 Å². The van der Waals surface area contributed by atoms with Crippen molar-refractivity contribution in [2.45, 2.75) is 95.2 Å². The Morgan fingerprint density at radius 3 is 1.77 bits per heavy atom. The van der Waals surface area contributed by atoms with Gasteiger partial charge in [0.25, 0.3) is 0 Å². The lowest BCUT2D eigenvalue weighted by Crippen LogP contribution is -2.37. The van der Waals surface area contributed by atoms with E-state index in [1.165, 1.54) is 12.1 Å². The largest absolute Gasteiger partial charge is 0.479 e. The zero-order valence-corrected chi connectivity index (χ0v) is 32.0. The van der Waals surface area contributed by atoms with Crippen molar-refractivity contribution in [2.24, 2.45) is 11.8 Å². The average molecular weight is 865 g/mol. The van der Waals surface area contributed by atoms with Gasteiger partial charge < -0.3 is 23.4 Å². The summed E-state index contributed by atoms with van der Waals surface area (Å²) in [5.41, 5.74) is -0.649. The van der Waals surface area contributed by atoms with Crippen LogP contribution in [0.5, 0.6) is 0 Å². The summed E-state index contributed by atoms with van der Waals surface area (Å²) in [6.45, 7) is 8.06. The Kier molecular flexibility index (Phi) is 14.6. The first-order chi connectivity index (χ1) is 24.9. The van der Waals surface area contributed by atoms with Gasteiger partial charge in [0.15, 0.2) is 5.60 Å². The summed E-state index contributed by atoms with van der Waals surface area (Å²) in [7, 11) is 0. The highest BCUT2D eigenvalue weighted by Crippen LogP contribution is 2.35. The van der Waals surface area contributed by atoms with Crippen LogP contribution in [0, 0.1) is 11.8 Å². The van der Waals surface area contributed by atoms with Gasteiger partial charge in [0.2, 0.25) is 11.8 Å². The van der Waals surface area contributed by atoms with Crippen LogP contribution >= 0.6 is 22.6 Å². The second-order valence-corrected chi connectivity index (χ2v) is 14.1. The standard InChI is InChI=1S/C25H32F3NO5.C13H11F3INO/c1-4-21-20(29-22(34-21)18-9-6-10-19(12-18)25(26,27)28)15-32-13-16-7-5-8-17(11-16)14-33-24(2,3)23(30)31;1-2-11-10(7-17)18-12(19-11)8-4-3-5-9(6-8)13(14,15)16/h6,9-10,12,16-17H,4-5,7-8,11,13-15H2,1-3H3,(H,30,31);3-6H,2,7H2,1H3/t16-,17+;/m1./s1. The molecule has 290 valence electrons. The van der Waals surface area contributed by atoms with E-state index in [-0.39, 0.29) is 29.9 Å². The second kappa shape index (κ2) is 18.3. The first-order valence-electron chi connectivity index (χ1n) is 17.3. The predicted octanol–water partition coefficient (Wildman–Crippen LogP) is 11.0. The van der Waals surface area contributed by atoms with Crippen molar-refractivity contribution in [1.29, 1.82) is 0 Å². The Bertz CT molecular complexity index is 1780. The minimum Gasteiger partial charge on any atom is -0.479 e. The van der Waals surface area contributed by atoms with E-state index in [9.17, 15) is 36.2 Å². The monoisotopic (exact) mass is 864 g/mol. The van der Waals surface area contributed by atoms with Crippen LogP contribution in [0.4, 0.5) is 26.3 Å². The molecule has 1 N–H and O–H groups in total. The third-order valence-corrected chi connectivity index (χ3v) is 9.60. The summed E-state index contributed by atoms with van der Waals surface area (Å²) in [6, 6.07) is 9.95. The van der Waals surface area contributed by atoms with E-state index in [0.29, 0.717) is 53.4 Å². The van der Waals surface area contributed by atoms with Crippen LogP contribution < -0.4 is 0 Å². The molecule has 2 aromatic carbocycles. The number of rotatable bonds is 13. The minimum atomic E-state index is -4.44. The highest BCUT2D eigenvalue weighted by Gasteiger charge is 2.33. The van der Waals surface area contributed by atoms with Crippen LogP contribution in [-0.4, -0.2) is 39.9 Å². The Morgan fingerprint density at radius 2 is 1.32 bits per heavy atom. The van der Waals surface area contributed by atoms with Crippen molar-refractivity contribution in [1.82, 2.24) is 9.97 Å². The Morgan fingerprint density at radius 1 is 0.830 bits per heavy atom. The molecule has 1 aliphatic carbocycles. The molecule has 1 aliphatic rings. The number of oxazole rings is 2. The summed E-state index contributed by atoms with van der Waals surface area (Å²) in [5.74, 6) is 1.35. The van der Waals surface area contributed by atoms with Crippen LogP contribution in [0.3, 0.4) is 0 Å². The van der Waals surface area contributed by atoms with Gasteiger partial charge in [-0.15, -0.1) is 0 Å². The summed E-state index contributed by atoms with van der Waals surface area (Å²) in [5, 5.41) is 9.20. The normalized spacial score (nSPS) is 16.7. The van der Waals surface area contributed by atoms with Crippen molar-refractivity contribution in [3.8, 4) is 22.9 Å². The molecule has 0 aliphatic heterocycles. The van der Waals surface area contributed by atoms with E-state index in [1.54, 1.807) is 26.0 Å². The topological polar surface area (TPSA) is 108 Å². The van der Waals surface area contributed by atoms with Crippen molar-refractivity contribution in [3.63, 3.8) is 0 Å². The van der Waals surface area contributed by atoms with Gasteiger partial charge in [-0.1, -0.05) is 55.0 Å². The number of ether oxygens (including phenoxy) is 2. The van der Waals surface area contributed by atoms with Crippen molar-refractivity contribution in [2.75, 3.05) is 13.2 Å². The first kappa shape index (κ1) is 42.3. The molecule has 5 rings (SSSR count). The van der Waals surface area contributed by atoms with E-state index >= 15 is 0 Å². The maximum atomic E-state index is 13.0. The van der Waals surface area contributed by atoms with Gasteiger partial charge in [-0.25, -0.2) is 14.8 Å². The second-order valence-electron chi connectivity index (χ2n) is 13.3. The summed E-state index contributed by atoms with van der Waals surface area (Å²) in [4.78, 5) is 19.9. The lowest BCUT2D eigenvalue weighted by atomic mass is 9.82.